The third kappa shape index (κ3) is 2.49. The number of rotatable bonds is 4. The zero-order chi connectivity index (χ0) is 11.6. The van der Waals surface area contributed by atoms with Gasteiger partial charge >= 0.3 is 0 Å². The summed E-state index contributed by atoms with van der Waals surface area (Å²) in [6, 6.07) is 8.85. The van der Waals surface area contributed by atoms with E-state index in [9.17, 15) is 0 Å². The highest BCUT2D eigenvalue weighted by molar-refractivity contribution is 9.10. The van der Waals surface area contributed by atoms with Gasteiger partial charge in [-0.25, -0.2) is 0 Å². The summed E-state index contributed by atoms with van der Waals surface area (Å²) in [5.41, 5.74) is 1.90. The molecule has 0 radical (unpaired) electrons. The van der Waals surface area contributed by atoms with Gasteiger partial charge in [-0.2, -0.15) is 0 Å². The molecule has 1 fully saturated rings. The van der Waals surface area contributed by atoms with E-state index in [4.69, 9.17) is 0 Å². The van der Waals surface area contributed by atoms with Gasteiger partial charge in [-0.3, -0.25) is 0 Å². The van der Waals surface area contributed by atoms with Crippen molar-refractivity contribution in [1.29, 1.82) is 0 Å². The van der Waals surface area contributed by atoms with Crippen molar-refractivity contribution in [3.05, 3.63) is 34.3 Å². The summed E-state index contributed by atoms with van der Waals surface area (Å²) in [5, 5.41) is 3.43. The van der Waals surface area contributed by atoms with E-state index in [1.807, 2.05) is 0 Å². The van der Waals surface area contributed by atoms with Crippen LogP contribution in [0.3, 0.4) is 0 Å². The smallest absolute Gasteiger partial charge is 0.0202 e. The third-order valence-electron chi connectivity index (χ3n) is 3.58. The Bertz CT molecular complexity index is 338. The van der Waals surface area contributed by atoms with Gasteiger partial charge in [-0.15, -0.1) is 0 Å². The van der Waals surface area contributed by atoms with Crippen molar-refractivity contribution in [2.45, 2.75) is 32.1 Å². The maximum absolute atomic E-state index is 3.50. The fraction of sp³-hybridized carbons (Fsp3) is 0.571. The first-order valence-electron chi connectivity index (χ1n) is 6.09. The summed E-state index contributed by atoms with van der Waals surface area (Å²) in [7, 11) is 0. The van der Waals surface area contributed by atoms with Crippen LogP contribution in [-0.2, 0) is 5.41 Å². The van der Waals surface area contributed by atoms with Gasteiger partial charge in [0.05, 0.1) is 0 Å². The molecule has 1 nitrogen and oxygen atoms in total. The average molecular weight is 282 g/mol. The van der Waals surface area contributed by atoms with Crippen molar-refractivity contribution in [3.63, 3.8) is 0 Å². The summed E-state index contributed by atoms with van der Waals surface area (Å²) in [4.78, 5) is 0. The first kappa shape index (κ1) is 12.1. The first-order chi connectivity index (χ1) is 7.62. The molecule has 1 heterocycles. The molecule has 88 valence electrons. The molecule has 0 atom stereocenters. The topological polar surface area (TPSA) is 12.0 Å². The minimum absolute atomic E-state index is 0.408. The lowest BCUT2D eigenvalue weighted by Crippen LogP contribution is -2.56. The molecular formula is C14H20BrN. The summed E-state index contributed by atoms with van der Waals surface area (Å²) in [5.74, 6) is 0.799. The van der Waals surface area contributed by atoms with E-state index in [1.165, 1.54) is 22.9 Å². The molecule has 1 aromatic rings. The average Bonchev–Trinajstić information content (AvgIpc) is 2.18. The zero-order valence-electron chi connectivity index (χ0n) is 10.1. The molecule has 16 heavy (non-hydrogen) atoms. The Balaban J connectivity index is 2.11. The second-order valence-electron chi connectivity index (χ2n) is 5.32. The van der Waals surface area contributed by atoms with E-state index in [-0.39, 0.29) is 0 Å². The zero-order valence-corrected chi connectivity index (χ0v) is 11.7. The fourth-order valence-corrected chi connectivity index (χ4v) is 2.58. The predicted molar refractivity (Wildman–Crippen MR) is 72.8 cm³/mol. The molecule has 1 aromatic carbocycles. The van der Waals surface area contributed by atoms with Crippen LogP contribution in [0.15, 0.2) is 28.7 Å². The minimum atomic E-state index is 0.408. The molecule has 0 aromatic heterocycles. The van der Waals surface area contributed by atoms with E-state index < -0.39 is 0 Å². The van der Waals surface area contributed by atoms with Crippen molar-refractivity contribution in [2.24, 2.45) is 5.92 Å². The van der Waals surface area contributed by atoms with Gasteiger partial charge in [0.25, 0.3) is 0 Å². The van der Waals surface area contributed by atoms with E-state index in [0.29, 0.717) is 5.41 Å². The van der Waals surface area contributed by atoms with E-state index >= 15 is 0 Å². The molecule has 0 unspecified atom stereocenters. The molecule has 1 saturated heterocycles. The number of nitrogens with one attached hydrogen (secondary N) is 1. The van der Waals surface area contributed by atoms with Crippen LogP contribution in [0.2, 0.25) is 0 Å². The van der Waals surface area contributed by atoms with Crippen LogP contribution in [0.5, 0.6) is 0 Å². The Labute approximate surface area is 107 Å². The molecule has 1 aliphatic heterocycles. The summed E-state index contributed by atoms with van der Waals surface area (Å²) < 4.78 is 1.17. The van der Waals surface area contributed by atoms with Crippen LogP contribution in [0, 0.1) is 5.92 Å². The molecule has 2 rings (SSSR count). The fourth-order valence-electron chi connectivity index (χ4n) is 2.32. The molecule has 0 bridgehead atoms. The Morgan fingerprint density at radius 2 is 1.88 bits per heavy atom. The highest BCUT2D eigenvalue weighted by Crippen LogP contribution is 2.35. The van der Waals surface area contributed by atoms with Crippen LogP contribution in [-0.4, -0.2) is 13.1 Å². The predicted octanol–water partition coefficient (Wildman–Crippen LogP) is 3.73. The van der Waals surface area contributed by atoms with Gasteiger partial charge in [0.2, 0.25) is 0 Å². The summed E-state index contributed by atoms with van der Waals surface area (Å²) in [6.07, 6.45) is 2.62. The lowest BCUT2D eigenvalue weighted by Gasteiger charge is -2.44. The quantitative estimate of drug-likeness (QED) is 0.887. The van der Waals surface area contributed by atoms with Crippen LogP contribution in [0.4, 0.5) is 0 Å². The molecule has 0 aliphatic carbocycles. The van der Waals surface area contributed by atoms with Crippen molar-refractivity contribution in [1.82, 2.24) is 5.32 Å². The van der Waals surface area contributed by atoms with Gasteiger partial charge in [0, 0.05) is 23.0 Å². The minimum Gasteiger partial charge on any atom is -0.315 e. The van der Waals surface area contributed by atoms with Gasteiger partial charge in [-0.1, -0.05) is 48.3 Å². The van der Waals surface area contributed by atoms with Crippen LogP contribution in [0.1, 0.15) is 32.3 Å². The normalized spacial score (nSPS) is 18.5. The monoisotopic (exact) mass is 281 g/mol. The maximum Gasteiger partial charge on any atom is 0.0202 e. The van der Waals surface area contributed by atoms with Crippen LogP contribution in [0.25, 0.3) is 0 Å². The van der Waals surface area contributed by atoms with Crippen molar-refractivity contribution < 1.29 is 0 Å². The molecule has 1 aliphatic rings. The van der Waals surface area contributed by atoms with Crippen molar-refractivity contribution >= 4 is 15.9 Å². The van der Waals surface area contributed by atoms with Gasteiger partial charge in [0.15, 0.2) is 0 Å². The first-order valence-corrected chi connectivity index (χ1v) is 6.88. The van der Waals surface area contributed by atoms with Gasteiger partial charge < -0.3 is 5.32 Å². The molecule has 1 N–H and O–H groups in total. The highest BCUT2D eigenvalue weighted by Gasteiger charge is 2.37. The second kappa shape index (κ2) is 4.89. The van der Waals surface area contributed by atoms with Gasteiger partial charge in [0.1, 0.15) is 0 Å². The Morgan fingerprint density at radius 3 is 2.31 bits per heavy atom. The Hall–Kier alpha value is -0.340. The molecular weight excluding hydrogens is 262 g/mol. The Kier molecular flexibility index (Phi) is 3.70. The van der Waals surface area contributed by atoms with Crippen molar-refractivity contribution in [3.8, 4) is 0 Å². The number of hydrogen-bond acceptors (Lipinski definition) is 1. The van der Waals surface area contributed by atoms with Crippen LogP contribution >= 0.6 is 15.9 Å². The summed E-state index contributed by atoms with van der Waals surface area (Å²) in [6.45, 7) is 6.89. The molecule has 2 heteroatoms. The van der Waals surface area contributed by atoms with E-state index in [1.54, 1.807) is 0 Å². The standard InChI is InChI=1S/C14H20BrN/c1-11(2)7-8-14(9-16-10-14)12-3-5-13(15)6-4-12/h3-6,11,16H,7-10H2,1-2H3. The molecule has 0 amide bonds. The lowest BCUT2D eigenvalue weighted by atomic mass is 9.71. The van der Waals surface area contributed by atoms with E-state index in [0.717, 1.165) is 19.0 Å². The Morgan fingerprint density at radius 1 is 1.25 bits per heavy atom. The molecule has 0 spiro atoms. The highest BCUT2D eigenvalue weighted by atomic mass is 79.9. The number of benzene rings is 1. The van der Waals surface area contributed by atoms with Crippen molar-refractivity contribution in [2.75, 3.05) is 13.1 Å². The molecule has 0 saturated carbocycles. The number of halogens is 1. The number of hydrogen-bond donors (Lipinski definition) is 1. The largest absolute Gasteiger partial charge is 0.315 e. The van der Waals surface area contributed by atoms with Gasteiger partial charge in [-0.05, 0) is 30.0 Å². The SMILES string of the molecule is CC(C)CCC1(c2ccc(Br)cc2)CNC1. The second-order valence-corrected chi connectivity index (χ2v) is 6.24. The van der Waals surface area contributed by atoms with Crippen LogP contribution < -0.4 is 5.32 Å². The van der Waals surface area contributed by atoms with E-state index in [2.05, 4.69) is 59.4 Å². The third-order valence-corrected chi connectivity index (χ3v) is 4.11. The lowest BCUT2D eigenvalue weighted by molar-refractivity contribution is 0.241. The maximum atomic E-state index is 3.50. The summed E-state index contributed by atoms with van der Waals surface area (Å²) >= 11 is 3.50.